The number of allylic oxidation sites excluding steroid dienone is 2. The number of ether oxygens (including phenoxy) is 2. The van der Waals surface area contributed by atoms with E-state index in [4.69, 9.17) is 9.47 Å². The van der Waals surface area contributed by atoms with Crippen molar-refractivity contribution in [3.05, 3.63) is 23.6 Å². The second-order valence-corrected chi connectivity index (χ2v) is 6.29. The van der Waals surface area contributed by atoms with E-state index < -0.39 is 5.97 Å². The molecule has 0 aromatic rings. The van der Waals surface area contributed by atoms with E-state index in [-0.39, 0.29) is 22.8 Å². The van der Waals surface area contributed by atoms with Crippen LogP contribution in [-0.2, 0) is 19.1 Å². The molecule has 1 fully saturated rings. The lowest BCUT2D eigenvalue weighted by atomic mass is 10.1. The van der Waals surface area contributed by atoms with Gasteiger partial charge in [-0.15, -0.1) is 0 Å². The largest absolute Gasteiger partial charge is 0.477 e. The van der Waals surface area contributed by atoms with Gasteiger partial charge in [0.1, 0.15) is 12.2 Å². The molecule has 0 unspecified atom stereocenters. The van der Waals surface area contributed by atoms with Crippen LogP contribution in [0.3, 0.4) is 0 Å². The molecule has 1 rings (SSSR count). The summed E-state index contributed by atoms with van der Waals surface area (Å²) in [7, 11) is 1.91. The molecule has 0 N–H and O–H groups in total. The van der Waals surface area contributed by atoms with Crippen LogP contribution >= 0.6 is 0 Å². The van der Waals surface area contributed by atoms with Crippen molar-refractivity contribution in [3.63, 3.8) is 0 Å². The molecule has 5 nitrogen and oxygen atoms in total. The third kappa shape index (κ3) is 4.62. The maximum atomic E-state index is 11.9. The van der Waals surface area contributed by atoms with Gasteiger partial charge < -0.3 is 14.4 Å². The molecule has 1 heterocycles. The lowest BCUT2D eigenvalue weighted by molar-refractivity contribution is -0.141. The summed E-state index contributed by atoms with van der Waals surface area (Å²) in [6.07, 6.45) is 3.11. The molecule has 1 saturated heterocycles. The summed E-state index contributed by atoms with van der Waals surface area (Å²) in [6, 6.07) is 0. The lowest BCUT2D eigenvalue weighted by Gasteiger charge is -2.25. The maximum absolute atomic E-state index is 11.9. The first-order chi connectivity index (χ1) is 9.65. The minimum atomic E-state index is -0.590. The van der Waals surface area contributed by atoms with Gasteiger partial charge in [-0.05, 0) is 38.8 Å². The van der Waals surface area contributed by atoms with E-state index in [1.165, 1.54) is 13.0 Å². The zero-order chi connectivity index (χ0) is 16.2. The number of Topliss-reactive ketones (excluding diaryl/α,β-unsaturated/α-hetero) is 1. The summed E-state index contributed by atoms with van der Waals surface area (Å²) in [5.41, 5.74) is -0.0707. The Labute approximate surface area is 126 Å². The van der Waals surface area contributed by atoms with Gasteiger partial charge >= 0.3 is 5.97 Å². The van der Waals surface area contributed by atoms with Crippen LogP contribution in [0.15, 0.2) is 23.6 Å². The molecule has 5 heteroatoms. The predicted molar refractivity (Wildman–Crippen MR) is 80.4 cm³/mol. The van der Waals surface area contributed by atoms with Gasteiger partial charge in [0.2, 0.25) is 0 Å². The highest BCUT2D eigenvalue weighted by Crippen LogP contribution is 2.27. The molecule has 0 atom stereocenters. The molecule has 0 saturated carbocycles. The SMILES string of the molecule is CC(=O)C(=CC=C1OCC(C)(C)N1C)C(=O)OCC(C)C. The summed E-state index contributed by atoms with van der Waals surface area (Å²) < 4.78 is 10.7. The van der Waals surface area contributed by atoms with Gasteiger partial charge in [-0.1, -0.05) is 13.8 Å². The first-order valence-electron chi connectivity index (χ1n) is 7.12. The van der Waals surface area contributed by atoms with Crippen LogP contribution in [0.5, 0.6) is 0 Å². The molecule has 0 radical (unpaired) electrons. The fourth-order valence-electron chi connectivity index (χ4n) is 1.71. The number of ketones is 1. The molecule has 0 bridgehead atoms. The minimum Gasteiger partial charge on any atom is -0.477 e. The highest BCUT2D eigenvalue weighted by molar-refractivity contribution is 6.16. The Kier molecular flexibility index (Phi) is 5.58. The van der Waals surface area contributed by atoms with Crippen molar-refractivity contribution in [3.8, 4) is 0 Å². The molecule has 0 aromatic carbocycles. The molecule has 0 amide bonds. The van der Waals surface area contributed by atoms with E-state index in [9.17, 15) is 9.59 Å². The number of carbonyl (C=O) groups excluding carboxylic acids is 2. The standard InChI is InChI=1S/C16H25NO4/c1-11(2)9-20-15(19)13(12(3)18)7-8-14-17(6)16(4,5)10-21-14/h7-8,11H,9-10H2,1-6H3. The summed E-state index contributed by atoms with van der Waals surface area (Å²) in [5, 5.41) is 0. The highest BCUT2D eigenvalue weighted by Gasteiger charge is 2.33. The van der Waals surface area contributed by atoms with Crippen molar-refractivity contribution in [2.45, 2.75) is 40.2 Å². The third-order valence-electron chi connectivity index (χ3n) is 3.35. The first-order valence-corrected chi connectivity index (χ1v) is 7.12. The Balaban J connectivity index is 2.87. The van der Waals surface area contributed by atoms with Gasteiger partial charge in [0.25, 0.3) is 0 Å². The molecule has 118 valence electrons. The molecule has 0 aromatic heterocycles. The zero-order valence-corrected chi connectivity index (χ0v) is 13.7. The lowest BCUT2D eigenvalue weighted by Crippen LogP contribution is -2.36. The van der Waals surface area contributed by atoms with Crippen molar-refractivity contribution in [2.24, 2.45) is 5.92 Å². The summed E-state index contributed by atoms with van der Waals surface area (Å²) in [4.78, 5) is 25.5. The molecule has 1 aliphatic heterocycles. The van der Waals surface area contributed by atoms with Gasteiger partial charge in [0, 0.05) is 7.05 Å². The summed E-state index contributed by atoms with van der Waals surface area (Å²) in [6.45, 7) is 10.2. The second kappa shape index (κ2) is 6.78. The van der Waals surface area contributed by atoms with E-state index >= 15 is 0 Å². The van der Waals surface area contributed by atoms with E-state index in [0.717, 1.165) is 0 Å². The van der Waals surface area contributed by atoms with Gasteiger partial charge in [0.05, 0.1) is 12.1 Å². The molecule has 0 aliphatic carbocycles. The van der Waals surface area contributed by atoms with Crippen LogP contribution < -0.4 is 0 Å². The van der Waals surface area contributed by atoms with Crippen molar-refractivity contribution < 1.29 is 19.1 Å². The van der Waals surface area contributed by atoms with Gasteiger partial charge in [-0.2, -0.15) is 0 Å². The van der Waals surface area contributed by atoms with Crippen LogP contribution in [0.4, 0.5) is 0 Å². The number of hydrogen-bond donors (Lipinski definition) is 0. The van der Waals surface area contributed by atoms with Crippen molar-refractivity contribution >= 4 is 11.8 Å². The van der Waals surface area contributed by atoms with Crippen molar-refractivity contribution in [1.29, 1.82) is 0 Å². The molecule has 0 spiro atoms. The zero-order valence-electron chi connectivity index (χ0n) is 13.7. The fraction of sp³-hybridized carbons (Fsp3) is 0.625. The number of carbonyl (C=O) groups is 2. The second-order valence-electron chi connectivity index (χ2n) is 6.29. The normalized spacial score (nSPS) is 19.9. The van der Waals surface area contributed by atoms with Gasteiger partial charge in [0.15, 0.2) is 11.7 Å². The van der Waals surface area contributed by atoms with Crippen LogP contribution in [0.2, 0.25) is 0 Å². The Morgan fingerprint density at radius 1 is 1.43 bits per heavy atom. The van der Waals surface area contributed by atoms with E-state index in [2.05, 4.69) is 13.8 Å². The van der Waals surface area contributed by atoms with Crippen LogP contribution in [0.1, 0.15) is 34.6 Å². The van der Waals surface area contributed by atoms with Crippen LogP contribution in [-0.4, -0.2) is 42.5 Å². The molecular weight excluding hydrogens is 270 g/mol. The monoisotopic (exact) mass is 295 g/mol. The quantitative estimate of drug-likeness (QED) is 0.337. The van der Waals surface area contributed by atoms with Crippen LogP contribution in [0, 0.1) is 5.92 Å². The van der Waals surface area contributed by atoms with E-state index in [0.29, 0.717) is 19.1 Å². The van der Waals surface area contributed by atoms with Crippen molar-refractivity contribution in [2.75, 3.05) is 20.3 Å². The molecule has 21 heavy (non-hydrogen) atoms. The van der Waals surface area contributed by atoms with Crippen molar-refractivity contribution in [1.82, 2.24) is 4.90 Å². The average Bonchev–Trinajstić information content (AvgIpc) is 2.63. The fourth-order valence-corrected chi connectivity index (χ4v) is 1.71. The molecule has 1 aliphatic rings. The minimum absolute atomic E-state index is 0.0323. The third-order valence-corrected chi connectivity index (χ3v) is 3.35. The van der Waals surface area contributed by atoms with E-state index in [1.54, 1.807) is 6.08 Å². The maximum Gasteiger partial charge on any atom is 0.341 e. The average molecular weight is 295 g/mol. The van der Waals surface area contributed by atoms with E-state index in [1.807, 2.05) is 25.8 Å². The Morgan fingerprint density at radius 3 is 2.48 bits per heavy atom. The predicted octanol–water partition coefficient (Wildman–Crippen LogP) is 2.28. The summed E-state index contributed by atoms with van der Waals surface area (Å²) in [5.74, 6) is -0.0468. The number of likely N-dealkylation sites (N-methyl/N-ethyl adjacent to an activating group) is 1. The number of nitrogens with zero attached hydrogens (tertiary/aromatic N) is 1. The number of hydrogen-bond acceptors (Lipinski definition) is 5. The first kappa shape index (κ1) is 17.3. The van der Waals surface area contributed by atoms with Gasteiger partial charge in [-0.25, -0.2) is 4.79 Å². The summed E-state index contributed by atoms with van der Waals surface area (Å²) >= 11 is 0. The number of esters is 1. The smallest absolute Gasteiger partial charge is 0.341 e. The topological polar surface area (TPSA) is 55.8 Å². The Hall–Kier alpha value is -1.78. The van der Waals surface area contributed by atoms with Crippen LogP contribution in [0.25, 0.3) is 0 Å². The highest BCUT2D eigenvalue weighted by atomic mass is 16.5. The Morgan fingerprint density at radius 2 is 2.05 bits per heavy atom. The van der Waals surface area contributed by atoms with Gasteiger partial charge in [-0.3, -0.25) is 4.79 Å². The molecular formula is C16H25NO4. The Bertz CT molecular complexity index is 475. The number of rotatable bonds is 5.